The molecule has 0 aromatic heterocycles. The largest absolute Gasteiger partial charge is 0.496 e. The maximum atomic E-state index is 10.9. The van der Waals surface area contributed by atoms with Crippen molar-refractivity contribution < 1.29 is 19.4 Å². The number of benzene rings is 1. The molecule has 2 rings (SSSR count). The number of carboxylic acids is 1. The molecule has 5 heteroatoms. The predicted octanol–water partition coefficient (Wildman–Crippen LogP) is 3.62. The molecule has 1 aromatic rings. The maximum absolute atomic E-state index is 10.9. The van der Waals surface area contributed by atoms with Gasteiger partial charge >= 0.3 is 5.97 Å². The van der Waals surface area contributed by atoms with Crippen LogP contribution in [0.2, 0.25) is 0 Å². The smallest absolute Gasteiger partial charge is 0.306 e. The third-order valence-electron chi connectivity index (χ3n) is 3.73. The summed E-state index contributed by atoms with van der Waals surface area (Å²) in [4.78, 5) is 10.9. The Morgan fingerprint density at radius 3 is 2.60 bits per heavy atom. The molecule has 1 N–H and O–H groups in total. The molecule has 110 valence electrons. The molecule has 0 atom stereocenters. The lowest BCUT2D eigenvalue weighted by Gasteiger charge is -2.26. The van der Waals surface area contributed by atoms with Crippen LogP contribution in [0.25, 0.3) is 0 Å². The molecular formula is C15H19BrO4. The topological polar surface area (TPSA) is 55.8 Å². The highest BCUT2D eigenvalue weighted by Gasteiger charge is 2.26. The third kappa shape index (κ3) is 3.96. The van der Waals surface area contributed by atoms with E-state index >= 15 is 0 Å². The van der Waals surface area contributed by atoms with Gasteiger partial charge in [-0.05, 0) is 59.3 Å². The van der Waals surface area contributed by atoms with Crippen LogP contribution < -0.4 is 4.74 Å². The van der Waals surface area contributed by atoms with Gasteiger partial charge in [0.15, 0.2) is 0 Å². The summed E-state index contributed by atoms with van der Waals surface area (Å²) in [5, 5.41) is 8.95. The summed E-state index contributed by atoms with van der Waals surface area (Å²) in [5.74, 6) is -0.0665. The summed E-state index contributed by atoms with van der Waals surface area (Å²) in [6.07, 6.45) is 3.26. The number of hydrogen-bond donors (Lipinski definition) is 1. The molecule has 20 heavy (non-hydrogen) atoms. The average molecular weight is 343 g/mol. The van der Waals surface area contributed by atoms with E-state index in [9.17, 15) is 4.79 Å². The van der Waals surface area contributed by atoms with Gasteiger partial charge in [-0.15, -0.1) is 0 Å². The number of ether oxygens (including phenoxy) is 2. The highest BCUT2D eigenvalue weighted by Crippen LogP contribution is 2.29. The fourth-order valence-electron chi connectivity index (χ4n) is 2.49. The minimum atomic E-state index is -0.678. The molecule has 0 saturated heterocycles. The van der Waals surface area contributed by atoms with Gasteiger partial charge in [-0.3, -0.25) is 4.79 Å². The summed E-state index contributed by atoms with van der Waals surface area (Å²) >= 11 is 3.45. The second kappa shape index (κ2) is 7.09. The third-order valence-corrected chi connectivity index (χ3v) is 4.35. The van der Waals surface area contributed by atoms with Crippen LogP contribution in [-0.2, 0) is 16.1 Å². The fraction of sp³-hybridized carbons (Fsp3) is 0.533. The number of hydrogen-bond acceptors (Lipinski definition) is 3. The Morgan fingerprint density at radius 2 is 2.05 bits per heavy atom. The van der Waals surface area contributed by atoms with E-state index in [-0.39, 0.29) is 12.0 Å². The molecule has 1 fully saturated rings. The van der Waals surface area contributed by atoms with Gasteiger partial charge in [0.2, 0.25) is 0 Å². The van der Waals surface area contributed by atoms with Crippen LogP contribution >= 0.6 is 15.9 Å². The van der Waals surface area contributed by atoms with Crippen molar-refractivity contribution >= 4 is 21.9 Å². The van der Waals surface area contributed by atoms with Crippen molar-refractivity contribution in [2.75, 3.05) is 7.11 Å². The first kappa shape index (κ1) is 15.3. The Kier molecular flexibility index (Phi) is 5.43. The van der Waals surface area contributed by atoms with E-state index in [4.69, 9.17) is 14.6 Å². The summed E-state index contributed by atoms with van der Waals surface area (Å²) < 4.78 is 12.0. The first-order valence-corrected chi connectivity index (χ1v) is 7.56. The van der Waals surface area contributed by atoms with Crippen LogP contribution in [0, 0.1) is 5.92 Å². The van der Waals surface area contributed by atoms with E-state index in [0.717, 1.165) is 28.6 Å². The number of carbonyl (C=O) groups is 1. The molecule has 1 aliphatic carbocycles. The Labute approximate surface area is 127 Å². The number of rotatable bonds is 5. The molecule has 0 radical (unpaired) electrons. The Balaban J connectivity index is 1.81. The van der Waals surface area contributed by atoms with Gasteiger partial charge in [-0.1, -0.05) is 6.07 Å². The maximum Gasteiger partial charge on any atom is 0.306 e. The van der Waals surface area contributed by atoms with Gasteiger partial charge < -0.3 is 14.6 Å². The normalized spacial score (nSPS) is 22.5. The van der Waals surface area contributed by atoms with Crippen LogP contribution in [0.4, 0.5) is 0 Å². The Bertz CT molecular complexity index is 467. The standard InChI is InChI=1S/C15H19BrO4/c1-19-14-7-2-10(8-13(14)16)9-20-12-5-3-11(4-6-12)15(17)18/h2,7-8,11-12H,3-6,9H2,1H3,(H,17,18). The molecule has 0 bridgehead atoms. The molecule has 0 aliphatic heterocycles. The van der Waals surface area contributed by atoms with Crippen LogP contribution in [0.3, 0.4) is 0 Å². The molecular weight excluding hydrogens is 324 g/mol. The molecule has 0 unspecified atom stereocenters. The number of halogens is 1. The lowest BCUT2D eigenvalue weighted by molar-refractivity contribution is -0.143. The molecule has 0 heterocycles. The summed E-state index contributed by atoms with van der Waals surface area (Å²) in [7, 11) is 1.64. The van der Waals surface area contributed by atoms with Crippen LogP contribution in [0.15, 0.2) is 22.7 Å². The SMILES string of the molecule is COc1ccc(COC2CCC(C(=O)O)CC2)cc1Br. The van der Waals surface area contributed by atoms with Crippen molar-refractivity contribution in [2.24, 2.45) is 5.92 Å². The molecule has 0 spiro atoms. The van der Waals surface area contributed by atoms with E-state index in [1.54, 1.807) is 7.11 Å². The molecule has 0 amide bonds. The van der Waals surface area contributed by atoms with Crippen molar-refractivity contribution in [1.82, 2.24) is 0 Å². The number of aliphatic carboxylic acids is 1. The van der Waals surface area contributed by atoms with Crippen molar-refractivity contribution in [3.05, 3.63) is 28.2 Å². The molecule has 1 aromatic carbocycles. The van der Waals surface area contributed by atoms with Crippen molar-refractivity contribution in [3.63, 3.8) is 0 Å². The van der Waals surface area contributed by atoms with E-state index < -0.39 is 5.97 Å². The van der Waals surface area contributed by atoms with E-state index in [1.807, 2.05) is 18.2 Å². The zero-order valence-electron chi connectivity index (χ0n) is 11.5. The van der Waals surface area contributed by atoms with E-state index in [0.29, 0.717) is 19.4 Å². The summed E-state index contributed by atoms with van der Waals surface area (Å²) in [6.45, 7) is 0.547. The Morgan fingerprint density at radius 1 is 1.35 bits per heavy atom. The summed E-state index contributed by atoms with van der Waals surface area (Å²) in [5.41, 5.74) is 1.08. The molecule has 4 nitrogen and oxygen atoms in total. The van der Waals surface area contributed by atoms with Gasteiger partial charge in [0.05, 0.1) is 30.2 Å². The van der Waals surface area contributed by atoms with Gasteiger partial charge in [-0.25, -0.2) is 0 Å². The van der Waals surface area contributed by atoms with E-state index in [1.165, 1.54) is 0 Å². The van der Waals surface area contributed by atoms with Gasteiger partial charge in [0.25, 0.3) is 0 Å². The van der Waals surface area contributed by atoms with Gasteiger partial charge in [0, 0.05) is 0 Å². The number of carboxylic acid groups (broad SMARTS) is 1. The van der Waals surface area contributed by atoms with Crippen LogP contribution in [0.5, 0.6) is 5.75 Å². The first-order valence-electron chi connectivity index (χ1n) is 6.77. The van der Waals surface area contributed by atoms with Crippen LogP contribution in [0.1, 0.15) is 31.2 Å². The van der Waals surface area contributed by atoms with E-state index in [2.05, 4.69) is 15.9 Å². The van der Waals surface area contributed by atoms with Crippen molar-refractivity contribution in [3.8, 4) is 5.75 Å². The van der Waals surface area contributed by atoms with Crippen molar-refractivity contribution in [1.29, 1.82) is 0 Å². The fourth-order valence-corrected chi connectivity index (χ4v) is 3.08. The second-order valence-corrected chi connectivity index (χ2v) is 5.95. The van der Waals surface area contributed by atoms with Crippen molar-refractivity contribution in [2.45, 2.75) is 38.4 Å². The number of methoxy groups -OCH3 is 1. The molecule has 1 saturated carbocycles. The minimum Gasteiger partial charge on any atom is -0.496 e. The molecule has 1 aliphatic rings. The monoisotopic (exact) mass is 342 g/mol. The van der Waals surface area contributed by atoms with Gasteiger partial charge in [-0.2, -0.15) is 0 Å². The highest BCUT2D eigenvalue weighted by molar-refractivity contribution is 9.10. The lowest BCUT2D eigenvalue weighted by Crippen LogP contribution is -2.25. The summed E-state index contributed by atoms with van der Waals surface area (Å²) in [6, 6.07) is 5.87. The van der Waals surface area contributed by atoms with Gasteiger partial charge in [0.1, 0.15) is 5.75 Å². The first-order chi connectivity index (χ1) is 9.60. The highest BCUT2D eigenvalue weighted by atomic mass is 79.9. The zero-order valence-corrected chi connectivity index (χ0v) is 13.1. The Hall–Kier alpha value is -1.07. The lowest BCUT2D eigenvalue weighted by atomic mass is 9.87. The average Bonchev–Trinajstić information content (AvgIpc) is 2.45. The quantitative estimate of drug-likeness (QED) is 0.887. The zero-order chi connectivity index (χ0) is 14.5. The minimum absolute atomic E-state index is 0.173. The predicted molar refractivity (Wildman–Crippen MR) is 78.9 cm³/mol. The van der Waals surface area contributed by atoms with Crippen LogP contribution in [-0.4, -0.2) is 24.3 Å². The second-order valence-electron chi connectivity index (χ2n) is 5.09.